The predicted molar refractivity (Wildman–Crippen MR) is 152 cm³/mol. The van der Waals surface area contributed by atoms with Crippen molar-refractivity contribution >= 4 is 44.9 Å². The van der Waals surface area contributed by atoms with E-state index in [1.807, 2.05) is 10.3 Å². The molecule has 4 nitrogen and oxygen atoms in total. The van der Waals surface area contributed by atoms with Crippen LogP contribution in [0, 0.1) is 0 Å². The Morgan fingerprint density at radius 2 is 1.50 bits per heavy atom. The third-order valence-corrected chi connectivity index (χ3v) is 9.07. The number of hydrogen-bond acceptors (Lipinski definition) is 5. The second-order valence-corrected chi connectivity index (χ2v) is 11.8. The molecule has 1 aliphatic heterocycles. The van der Waals surface area contributed by atoms with Gasteiger partial charge in [0.1, 0.15) is 4.34 Å². The largest absolute Gasteiger partial charge is 0.340 e. The minimum atomic E-state index is 0.167. The molecule has 3 aromatic carbocycles. The number of piperazine rings is 1. The lowest BCUT2D eigenvalue weighted by Gasteiger charge is -2.39. The van der Waals surface area contributed by atoms with Gasteiger partial charge in [-0.2, -0.15) is 0 Å². The lowest BCUT2D eigenvalue weighted by Crippen LogP contribution is -2.50. The number of benzene rings is 3. The van der Waals surface area contributed by atoms with Crippen LogP contribution < -0.4 is 0 Å². The third kappa shape index (κ3) is 6.45. The van der Waals surface area contributed by atoms with Gasteiger partial charge in [0, 0.05) is 41.8 Å². The first kappa shape index (κ1) is 25.2. The van der Waals surface area contributed by atoms with Crippen molar-refractivity contribution in [1.82, 2.24) is 14.8 Å². The predicted octanol–water partition coefficient (Wildman–Crippen LogP) is 6.67. The number of amides is 1. The van der Waals surface area contributed by atoms with Gasteiger partial charge in [0.2, 0.25) is 5.91 Å². The Balaban J connectivity index is 1.16. The number of hydrogen-bond donors (Lipinski definition) is 0. The Kier molecular flexibility index (Phi) is 8.54. The average molecular weight is 579 g/mol. The number of thioether (sulfide) groups is 1. The normalized spacial score (nSPS) is 14.3. The summed E-state index contributed by atoms with van der Waals surface area (Å²) in [6.07, 6.45) is 0.371. The van der Waals surface area contributed by atoms with Gasteiger partial charge < -0.3 is 4.90 Å². The monoisotopic (exact) mass is 577 g/mol. The average Bonchev–Trinajstić information content (AvgIpc) is 3.37. The molecule has 7 heteroatoms. The van der Waals surface area contributed by atoms with E-state index in [-0.39, 0.29) is 11.9 Å². The quantitative estimate of drug-likeness (QED) is 0.219. The van der Waals surface area contributed by atoms with Crippen LogP contribution in [0.5, 0.6) is 0 Å². The van der Waals surface area contributed by atoms with Gasteiger partial charge in [-0.15, -0.1) is 11.3 Å². The molecular weight excluding hydrogens is 550 g/mol. The van der Waals surface area contributed by atoms with E-state index < -0.39 is 0 Å². The molecule has 0 N–H and O–H groups in total. The topological polar surface area (TPSA) is 36.4 Å². The molecule has 0 unspecified atom stereocenters. The summed E-state index contributed by atoms with van der Waals surface area (Å²) >= 11 is 6.82. The molecule has 0 bridgehead atoms. The summed E-state index contributed by atoms with van der Waals surface area (Å²) in [7, 11) is 0. The molecule has 36 heavy (non-hydrogen) atoms. The molecule has 0 aliphatic carbocycles. The smallest absolute Gasteiger partial charge is 0.228 e. The van der Waals surface area contributed by atoms with Gasteiger partial charge in [0.05, 0.1) is 18.2 Å². The Hall–Kier alpha value is -2.45. The first-order valence-electron chi connectivity index (χ1n) is 12.1. The van der Waals surface area contributed by atoms with Crippen LogP contribution in [0.2, 0.25) is 0 Å². The van der Waals surface area contributed by atoms with Crippen molar-refractivity contribution in [3.8, 4) is 0 Å². The molecule has 1 aliphatic rings. The molecule has 0 atom stereocenters. The van der Waals surface area contributed by atoms with Gasteiger partial charge >= 0.3 is 0 Å². The first-order valence-corrected chi connectivity index (χ1v) is 14.7. The van der Waals surface area contributed by atoms with Crippen LogP contribution in [-0.4, -0.2) is 46.9 Å². The van der Waals surface area contributed by atoms with Crippen LogP contribution in [0.1, 0.15) is 28.4 Å². The highest BCUT2D eigenvalue weighted by molar-refractivity contribution is 9.10. The van der Waals surface area contributed by atoms with Gasteiger partial charge in [0.15, 0.2) is 0 Å². The van der Waals surface area contributed by atoms with Gasteiger partial charge in [-0.25, -0.2) is 4.98 Å². The Morgan fingerprint density at radius 1 is 0.889 bits per heavy atom. The highest BCUT2D eigenvalue weighted by atomic mass is 79.9. The number of thiazole rings is 1. The van der Waals surface area contributed by atoms with Crippen LogP contribution >= 0.6 is 39.0 Å². The summed E-state index contributed by atoms with van der Waals surface area (Å²) in [5.74, 6) is 1.04. The summed E-state index contributed by atoms with van der Waals surface area (Å²) in [6, 6.07) is 29.9. The highest BCUT2D eigenvalue weighted by Gasteiger charge is 2.28. The molecule has 4 aromatic rings. The lowest BCUT2D eigenvalue weighted by molar-refractivity contribution is -0.132. The molecule has 0 spiro atoms. The zero-order valence-corrected chi connectivity index (χ0v) is 23.1. The van der Waals surface area contributed by atoms with Gasteiger partial charge in [0.25, 0.3) is 0 Å². The van der Waals surface area contributed by atoms with Crippen molar-refractivity contribution in [2.45, 2.75) is 22.6 Å². The molecule has 1 saturated heterocycles. The van der Waals surface area contributed by atoms with Gasteiger partial charge in [-0.1, -0.05) is 100 Å². The maximum Gasteiger partial charge on any atom is 0.228 e. The van der Waals surface area contributed by atoms with Crippen molar-refractivity contribution in [3.63, 3.8) is 0 Å². The molecule has 1 fully saturated rings. The van der Waals surface area contributed by atoms with E-state index in [0.717, 1.165) is 46.4 Å². The van der Waals surface area contributed by atoms with E-state index >= 15 is 0 Å². The third-order valence-electron chi connectivity index (χ3n) is 6.40. The van der Waals surface area contributed by atoms with Crippen molar-refractivity contribution in [3.05, 3.63) is 117 Å². The van der Waals surface area contributed by atoms with Gasteiger partial charge in [-0.05, 0) is 28.8 Å². The molecule has 0 radical (unpaired) electrons. The summed E-state index contributed by atoms with van der Waals surface area (Å²) in [4.78, 5) is 22.3. The Bertz CT molecular complexity index is 1220. The zero-order chi connectivity index (χ0) is 24.7. The number of halogens is 1. The van der Waals surface area contributed by atoms with E-state index in [9.17, 15) is 4.79 Å². The summed E-state index contributed by atoms with van der Waals surface area (Å²) < 4.78 is 2.10. The molecule has 5 rings (SSSR count). The van der Waals surface area contributed by atoms with Crippen LogP contribution in [0.3, 0.4) is 0 Å². The minimum absolute atomic E-state index is 0.167. The Morgan fingerprint density at radius 3 is 2.11 bits per heavy atom. The van der Waals surface area contributed by atoms with E-state index in [4.69, 9.17) is 4.98 Å². The van der Waals surface area contributed by atoms with Crippen molar-refractivity contribution in [1.29, 1.82) is 0 Å². The maximum absolute atomic E-state index is 13.1. The van der Waals surface area contributed by atoms with Crippen molar-refractivity contribution in [2.24, 2.45) is 0 Å². The lowest BCUT2D eigenvalue weighted by atomic mass is 9.96. The number of aromatic nitrogens is 1. The highest BCUT2D eigenvalue weighted by Crippen LogP contribution is 2.30. The first-order chi connectivity index (χ1) is 17.7. The fourth-order valence-corrected chi connectivity index (χ4v) is 6.61. The molecule has 184 valence electrons. The van der Waals surface area contributed by atoms with Gasteiger partial charge in [-0.3, -0.25) is 9.69 Å². The second-order valence-electron chi connectivity index (χ2n) is 8.84. The molecule has 0 saturated carbocycles. The van der Waals surface area contributed by atoms with E-state index in [1.165, 1.54) is 16.7 Å². The number of carbonyl (C=O) groups is 1. The minimum Gasteiger partial charge on any atom is -0.340 e. The number of carbonyl (C=O) groups excluding carboxylic acids is 1. The Labute approximate surface area is 229 Å². The molecule has 2 heterocycles. The standard InChI is InChI=1S/C29H28BrN3OS2/c30-25-13-11-22(12-14-25)20-35-29-31-26(21-36-29)19-27(34)32-15-17-33(18-16-32)28(23-7-3-1-4-8-23)24-9-5-2-6-10-24/h1-14,21,28H,15-20H2. The van der Waals surface area contributed by atoms with Crippen LogP contribution in [0.15, 0.2) is 99.1 Å². The van der Waals surface area contributed by atoms with Crippen LogP contribution in [0.25, 0.3) is 0 Å². The SMILES string of the molecule is O=C(Cc1csc(SCc2ccc(Br)cc2)n1)N1CCN(C(c2ccccc2)c2ccccc2)CC1. The molecule has 1 aromatic heterocycles. The van der Waals surface area contributed by atoms with E-state index in [1.54, 1.807) is 23.1 Å². The van der Waals surface area contributed by atoms with E-state index in [2.05, 4.69) is 106 Å². The van der Waals surface area contributed by atoms with Crippen molar-refractivity contribution < 1.29 is 4.79 Å². The van der Waals surface area contributed by atoms with E-state index in [0.29, 0.717) is 6.42 Å². The molecular formula is C29H28BrN3OS2. The summed E-state index contributed by atoms with van der Waals surface area (Å²) in [5.41, 5.74) is 4.72. The summed E-state index contributed by atoms with van der Waals surface area (Å²) in [5, 5.41) is 2.03. The second kappa shape index (κ2) is 12.2. The fraction of sp³-hybridized carbons (Fsp3) is 0.241. The van der Waals surface area contributed by atoms with Crippen LogP contribution in [-0.2, 0) is 17.0 Å². The number of rotatable bonds is 8. The fourth-order valence-electron chi connectivity index (χ4n) is 4.54. The maximum atomic E-state index is 13.1. The molecule has 1 amide bonds. The van der Waals surface area contributed by atoms with Crippen LogP contribution in [0.4, 0.5) is 0 Å². The number of nitrogens with zero attached hydrogens (tertiary/aromatic N) is 3. The summed E-state index contributed by atoms with van der Waals surface area (Å²) in [6.45, 7) is 3.19. The zero-order valence-electron chi connectivity index (χ0n) is 19.9. The van der Waals surface area contributed by atoms with Crippen molar-refractivity contribution in [2.75, 3.05) is 26.2 Å².